The van der Waals surface area contributed by atoms with Gasteiger partial charge in [-0.25, -0.2) is 10.9 Å². The summed E-state index contributed by atoms with van der Waals surface area (Å²) in [7, 11) is -3.59. The van der Waals surface area contributed by atoms with E-state index in [2.05, 4.69) is 0 Å². The Hall–Kier alpha value is -3.54. The van der Waals surface area contributed by atoms with Gasteiger partial charge in [0, 0.05) is 10.9 Å². The zero-order valence-corrected chi connectivity index (χ0v) is 20.2. The zero-order chi connectivity index (χ0) is 24.8. The smallest absolute Gasteiger partial charge is 0.272 e. The van der Waals surface area contributed by atoms with Crippen LogP contribution in [-0.4, -0.2) is 17.6 Å². The Bertz CT molecular complexity index is 1330. The van der Waals surface area contributed by atoms with Gasteiger partial charge in [0.15, 0.2) is 5.85 Å². The van der Waals surface area contributed by atoms with E-state index in [1.807, 2.05) is 48.5 Å². The first-order valence-electron chi connectivity index (χ1n) is 11.3. The second kappa shape index (κ2) is 10.8. The van der Waals surface area contributed by atoms with Crippen LogP contribution in [0.5, 0.6) is 0 Å². The Balaban J connectivity index is 1.56. The number of rotatable bonds is 8. The molecule has 0 heterocycles. The van der Waals surface area contributed by atoms with E-state index in [0.717, 1.165) is 16.1 Å². The molecule has 35 heavy (non-hydrogen) atoms. The van der Waals surface area contributed by atoms with Gasteiger partial charge in [0.2, 0.25) is 0 Å². The largest absolute Gasteiger partial charge is 0.378 e. The highest BCUT2D eigenvalue weighted by Crippen LogP contribution is 2.57. The second-order valence-electron chi connectivity index (χ2n) is 7.94. The molecule has 0 radical (unpaired) electrons. The Labute approximate surface area is 205 Å². The molecule has 0 aliphatic carbocycles. The van der Waals surface area contributed by atoms with Crippen molar-refractivity contribution in [3.05, 3.63) is 120 Å². The lowest BCUT2D eigenvalue weighted by molar-refractivity contribution is 0.0987. The standard InChI is InChI=1S/C28H27N2O4P/c1-2-34-35(33,26-14-7-4-8-15-26)28(32)23-18-16-22(17-19-23)27(31)30(29)25-13-9-12-24(20-25)21-10-5-3-6-11-21/h3-20,28,32H,2,29H2,1H3. The molecule has 0 fully saturated rings. The lowest BCUT2D eigenvalue weighted by atomic mass is 10.0. The third-order valence-corrected chi connectivity index (χ3v) is 8.27. The molecule has 2 unspecified atom stereocenters. The molecule has 0 aliphatic rings. The van der Waals surface area contributed by atoms with Gasteiger partial charge in [-0.1, -0.05) is 72.8 Å². The molecule has 0 saturated carbocycles. The van der Waals surface area contributed by atoms with Gasteiger partial charge < -0.3 is 9.63 Å². The number of carbonyl (C=O) groups excluding carboxylic acids is 1. The molecular formula is C28H27N2O4P. The molecule has 1 amide bonds. The zero-order valence-electron chi connectivity index (χ0n) is 19.3. The highest BCUT2D eigenvalue weighted by atomic mass is 31.2. The van der Waals surface area contributed by atoms with E-state index in [-0.39, 0.29) is 6.61 Å². The fourth-order valence-electron chi connectivity index (χ4n) is 3.83. The topological polar surface area (TPSA) is 92.9 Å². The number of nitrogens with zero attached hydrogens (tertiary/aromatic N) is 1. The number of hydrazine groups is 1. The van der Waals surface area contributed by atoms with E-state index in [9.17, 15) is 14.5 Å². The highest BCUT2D eigenvalue weighted by Gasteiger charge is 2.36. The molecule has 7 heteroatoms. The summed E-state index contributed by atoms with van der Waals surface area (Å²) < 4.78 is 19.2. The van der Waals surface area contributed by atoms with Crippen LogP contribution in [0.4, 0.5) is 5.69 Å². The van der Waals surface area contributed by atoms with Crippen molar-refractivity contribution in [1.29, 1.82) is 0 Å². The quantitative estimate of drug-likeness (QED) is 0.148. The number of benzene rings is 4. The molecule has 2 atom stereocenters. The molecule has 0 spiro atoms. The molecule has 4 aromatic carbocycles. The maximum atomic E-state index is 13.6. The molecule has 3 N–H and O–H groups in total. The molecule has 0 aromatic heterocycles. The van der Waals surface area contributed by atoms with Crippen LogP contribution in [0.15, 0.2) is 109 Å². The van der Waals surface area contributed by atoms with Gasteiger partial charge in [-0.2, -0.15) is 0 Å². The number of anilines is 1. The van der Waals surface area contributed by atoms with Crippen molar-refractivity contribution < 1.29 is 19.0 Å². The average Bonchev–Trinajstić information content (AvgIpc) is 2.93. The Morgan fingerprint density at radius 3 is 2.11 bits per heavy atom. The van der Waals surface area contributed by atoms with Crippen LogP contribution in [0.3, 0.4) is 0 Å². The second-order valence-corrected chi connectivity index (χ2v) is 10.4. The van der Waals surface area contributed by atoms with Gasteiger partial charge in [-0.05, 0) is 60.0 Å². The van der Waals surface area contributed by atoms with Crippen molar-refractivity contribution in [2.75, 3.05) is 11.6 Å². The summed E-state index contributed by atoms with van der Waals surface area (Å²) in [6.07, 6.45) is 0. The third-order valence-electron chi connectivity index (χ3n) is 5.66. The van der Waals surface area contributed by atoms with Crippen molar-refractivity contribution in [2.45, 2.75) is 12.8 Å². The van der Waals surface area contributed by atoms with Gasteiger partial charge in [0.05, 0.1) is 12.3 Å². The lowest BCUT2D eigenvalue weighted by Gasteiger charge is -2.24. The van der Waals surface area contributed by atoms with Gasteiger partial charge in [0.25, 0.3) is 13.3 Å². The van der Waals surface area contributed by atoms with Gasteiger partial charge in [-0.15, -0.1) is 0 Å². The summed E-state index contributed by atoms with van der Waals surface area (Å²) in [6, 6.07) is 32.1. The fraction of sp³-hybridized carbons (Fsp3) is 0.107. The Kier molecular flexibility index (Phi) is 7.59. The van der Waals surface area contributed by atoms with Crippen LogP contribution in [0, 0.1) is 0 Å². The molecule has 0 saturated heterocycles. The third kappa shape index (κ3) is 5.26. The van der Waals surface area contributed by atoms with E-state index >= 15 is 0 Å². The predicted octanol–water partition coefficient (Wildman–Crippen LogP) is 5.51. The van der Waals surface area contributed by atoms with Gasteiger partial charge >= 0.3 is 0 Å². The van der Waals surface area contributed by atoms with Crippen LogP contribution < -0.4 is 16.2 Å². The van der Waals surface area contributed by atoms with E-state index in [1.165, 1.54) is 0 Å². The predicted molar refractivity (Wildman–Crippen MR) is 140 cm³/mol. The number of hydrogen-bond donors (Lipinski definition) is 2. The normalized spacial score (nSPS) is 13.6. The maximum Gasteiger partial charge on any atom is 0.272 e. The summed E-state index contributed by atoms with van der Waals surface area (Å²) >= 11 is 0. The maximum absolute atomic E-state index is 13.6. The van der Waals surface area contributed by atoms with Crippen LogP contribution in [-0.2, 0) is 9.09 Å². The Morgan fingerprint density at radius 2 is 1.49 bits per heavy atom. The fourth-order valence-corrected chi connectivity index (χ4v) is 5.94. The van der Waals surface area contributed by atoms with Crippen molar-refractivity contribution in [2.24, 2.45) is 5.84 Å². The molecule has 0 aliphatic heterocycles. The van der Waals surface area contributed by atoms with Crippen molar-refractivity contribution >= 4 is 24.3 Å². The summed E-state index contributed by atoms with van der Waals surface area (Å²) in [5, 5.41) is 12.5. The number of aliphatic hydroxyl groups is 1. The molecule has 0 bridgehead atoms. The first-order valence-corrected chi connectivity index (χ1v) is 13.0. The van der Waals surface area contributed by atoms with E-state index < -0.39 is 19.1 Å². The monoisotopic (exact) mass is 486 g/mol. The molecule has 178 valence electrons. The van der Waals surface area contributed by atoms with Crippen molar-refractivity contribution in [3.63, 3.8) is 0 Å². The van der Waals surface area contributed by atoms with Crippen LogP contribution >= 0.6 is 7.37 Å². The van der Waals surface area contributed by atoms with E-state index in [4.69, 9.17) is 10.4 Å². The number of amides is 1. The number of nitrogens with two attached hydrogens (primary N) is 1. The molecule has 4 rings (SSSR count). The summed E-state index contributed by atoms with van der Waals surface area (Å²) in [5.41, 5.74) is 3.23. The molecule has 6 nitrogen and oxygen atoms in total. The number of hydrogen-bond acceptors (Lipinski definition) is 5. The minimum atomic E-state index is -3.59. The summed E-state index contributed by atoms with van der Waals surface area (Å²) in [4.78, 5) is 13.1. The van der Waals surface area contributed by atoms with E-state index in [0.29, 0.717) is 22.1 Å². The van der Waals surface area contributed by atoms with Crippen molar-refractivity contribution in [1.82, 2.24) is 0 Å². The van der Waals surface area contributed by atoms with Crippen LogP contribution in [0.2, 0.25) is 0 Å². The van der Waals surface area contributed by atoms with E-state index in [1.54, 1.807) is 67.6 Å². The lowest BCUT2D eigenvalue weighted by Crippen LogP contribution is -2.37. The highest BCUT2D eigenvalue weighted by molar-refractivity contribution is 7.67. The van der Waals surface area contributed by atoms with Crippen LogP contribution in [0.25, 0.3) is 11.1 Å². The average molecular weight is 487 g/mol. The molecule has 4 aromatic rings. The minimum absolute atomic E-state index is 0.185. The summed E-state index contributed by atoms with van der Waals surface area (Å²) in [5.74, 6) is 4.39. The Morgan fingerprint density at radius 1 is 0.886 bits per heavy atom. The van der Waals surface area contributed by atoms with Crippen LogP contribution in [0.1, 0.15) is 28.7 Å². The first-order chi connectivity index (χ1) is 16.9. The van der Waals surface area contributed by atoms with Gasteiger partial charge in [-0.3, -0.25) is 9.36 Å². The first kappa shape index (κ1) is 24.6. The SMILES string of the molecule is CCOP(=O)(c1ccccc1)C(O)c1ccc(C(=O)N(N)c2cccc(-c3ccccc3)c2)cc1. The van der Waals surface area contributed by atoms with Gasteiger partial charge in [0.1, 0.15) is 0 Å². The minimum Gasteiger partial charge on any atom is -0.378 e. The number of aliphatic hydroxyl groups excluding tert-OH is 1. The molecular weight excluding hydrogens is 459 g/mol. The summed E-state index contributed by atoms with van der Waals surface area (Å²) in [6.45, 7) is 1.91. The van der Waals surface area contributed by atoms with Crippen molar-refractivity contribution in [3.8, 4) is 11.1 Å². The number of carbonyl (C=O) groups is 1.